The van der Waals surface area contributed by atoms with Gasteiger partial charge in [0, 0.05) is 32.4 Å². The summed E-state index contributed by atoms with van der Waals surface area (Å²) < 4.78 is 10.8. The summed E-state index contributed by atoms with van der Waals surface area (Å²) >= 11 is 0. The van der Waals surface area contributed by atoms with Crippen LogP contribution in [0.3, 0.4) is 0 Å². The Labute approximate surface area is 206 Å². The van der Waals surface area contributed by atoms with Crippen LogP contribution in [0.2, 0.25) is 0 Å². The molecule has 1 aliphatic rings. The molecule has 35 heavy (non-hydrogen) atoms. The maximum atomic E-state index is 12.2. The van der Waals surface area contributed by atoms with Crippen molar-refractivity contribution in [3.63, 3.8) is 0 Å². The van der Waals surface area contributed by atoms with Gasteiger partial charge in [-0.1, -0.05) is 48.5 Å². The number of hydrogen-bond donors (Lipinski definition) is 3. The third-order valence-electron chi connectivity index (χ3n) is 6.33. The van der Waals surface area contributed by atoms with E-state index in [4.69, 9.17) is 9.47 Å². The molecule has 2 aromatic carbocycles. The van der Waals surface area contributed by atoms with Gasteiger partial charge in [-0.15, -0.1) is 0 Å². The van der Waals surface area contributed by atoms with Crippen LogP contribution in [0.1, 0.15) is 56.6 Å². The highest BCUT2D eigenvalue weighted by molar-refractivity contribution is 5.83. The Morgan fingerprint density at radius 1 is 1.00 bits per heavy atom. The zero-order chi connectivity index (χ0) is 25.4. The van der Waals surface area contributed by atoms with Gasteiger partial charge >= 0.3 is 12.1 Å². The summed E-state index contributed by atoms with van der Waals surface area (Å²) in [4.78, 5) is 35.8. The summed E-state index contributed by atoms with van der Waals surface area (Å²) in [5.41, 5.74) is 3.99. The molecule has 3 N–H and O–H groups in total. The number of aliphatic carboxylic acids is 1. The second-order valence-corrected chi connectivity index (χ2v) is 9.34. The molecule has 0 heterocycles. The number of fused-ring (bicyclic) bond motifs is 3. The lowest BCUT2D eigenvalue weighted by atomic mass is 9.98. The van der Waals surface area contributed by atoms with E-state index in [0.29, 0.717) is 19.4 Å². The molecule has 2 amide bonds. The lowest BCUT2D eigenvalue weighted by Crippen LogP contribution is -2.45. The second kappa shape index (κ2) is 11.8. The number of methoxy groups -OCH3 is 1. The molecular formula is C27H34N2O6. The molecule has 1 aliphatic carbocycles. The lowest BCUT2D eigenvalue weighted by molar-refractivity contribution is -0.144. The molecule has 8 nitrogen and oxygen atoms in total. The van der Waals surface area contributed by atoms with Crippen LogP contribution < -0.4 is 10.6 Å². The van der Waals surface area contributed by atoms with Gasteiger partial charge in [0.15, 0.2) is 0 Å². The molecule has 0 spiro atoms. The van der Waals surface area contributed by atoms with Crippen LogP contribution in [0.25, 0.3) is 11.1 Å². The van der Waals surface area contributed by atoms with Crippen LogP contribution in [0.4, 0.5) is 4.79 Å². The third-order valence-corrected chi connectivity index (χ3v) is 6.33. The Balaban J connectivity index is 1.37. The number of amides is 2. The smallest absolute Gasteiger partial charge is 0.407 e. The maximum absolute atomic E-state index is 12.2. The number of nitrogens with one attached hydrogen (secondary N) is 2. The van der Waals surface area contributed by atoms with Crippen molar-refractivity contribution >= 4 is 18.0 Å². The van der Waals surface area contributed by atoms with E-state index < -0.39 is 23.7 Å². The van der Waals surface area contributed by atoms with Gasteiger partial charge in [0.1, 0.15) is 12.6 Å². The van der Waals surface area contributed by atoms with Crippen molar-refractivity contribution in [2.75, 3.05) is 20.3 Å². The molecular weight excluding hydrogens is 448 g/mol. The number of rotatable bonds is 12. The van der Waals surface area contributed by atoms with Crippen molar-refractivity contribution in [2.45, 2.75) is 57.1 Å². The Kier molecular flexibility index (Phi) is 8.87. The molecule has 0 aromatic heterocycles. The van der Waals surface area contributed by atoms with E-state index in [1.807, 2.05) is 24.3 Å². The lowest BCUT2D eigenvalue weighted by Gasteiger charge is -2.26. The number of benzene rings is 2. The van der Waals surface area contributed by atoms with Gasteiger partial charge in [-0.05, 0) is 48.9 Å². The quantitative estimate of drug-likeness (QED) is 0.393. The van der Waals surface area contributed by atoms with Crippen molar-refractivity contribution in [3.8, 4) is 11.1 Å². The Hall–Kier alpha value is -3.39. The van der Waals surface area contributed by atoms with Crippen molar-refractivity contribution in [1.82, 2.24) is 10.6 Å². The minimum atomic E-state index is -1.10. The third kappa shape index (κ3) is 7.05. The highest BCUT2D eigenvalue weighted by Crippen LogP contribution is 2.44. The SMILES string of the molecule is COC(C)(C)CC(NC(=O)CCCCNC(=O)OCC1c2ccccc2-c2ccccc21)C(=O)O. The minimum Gasteiger partial charge on any atom is -0.480 e. The molecule has 3 rings (SSSR count). The first-order valence-electron chi connectivity index (χ1n) is 11.9. The molecule has 0 bridgehead atoms. The number of unbranched alkanes of at least 4 members (excludes halogenated alkanes) is 1. The molecule has 0 radical (unpaired) electrons. The fourth-order valence-corrected chi connectivity index (χ4v) is 4.29. The molecule has 0 saturated carbocycles. The fourth-order valence-electron chi connectivity index (χ4n) is 4.29. The number of carboxylic acid groups (broad SMARTS) is 1. The number of alkyl carbamates (subject to hydrolysis) is 1. The average molecular weight is 483 g/mol. The molecule has 188 valence electrons. The van der Waals surface area contributed by atoms with E-state index in [2.05, 4.69) is 34.9 Å². The largest absolute Gasteiger partial charge is 0.480 e. The molecule has 1 unspecified atom stereocenters. The van der Waals surface area contributed by atoms with Crippen LogP contribution in [-0.2, 0) is 19.1 Å². The van der Waals surface area contributed by atoms with Crippen LogP contribution in [0, 0.1) is 0 Å². The van der Waals surface area contributed by atoms with E-state index in [-0.39, 0.29) is 31.3 Å². The zero-order valence-corrected chi connectivity index (χ0v) is 20.5. The second-order valence-electron chi connectivity index (χ2n) is 9.34. The van der Waals surface area contributed by atoms with Crippen molar-refractivity contribution in [2.24, 2.45) is 0 Å². The number of carbonyl (C=O) groups excluding carboxylic acids is 2. The van der Waals surface area contributed by atoms with Gasteiger partial charge in [-0.3, -0.25) is 4.79 Å². The normalized spacial score (nSPS) is 13.5. The summed E-state index contributed by atoms with van der Waals surface area (Å²) in [6, 6.07) is 15.3. The Morgan fingerprint density at radius 3 is 2.17 bits per heavy atom. The molecule has 8 heteroatoms. The molecule has 1 atom stereocenters. The van der Waals surface area contributed by atoms with Crippen LogP contribution in [0.5, 0.6) is 0 Å². The standard InChI is InChI=1S/C27H34N2O6/c1-27(2,34-3)16-23(25(31)32)29-24(30)14-8-9-15-28-26(33)35-17-22-20-12-6-4-10-18(20)19-11-5-7-13-21(19)22/h4-7,10-13,22-23H,8-9,14-17H2,1-3H3,(H,28,33)(H,29,30)(H,31,32). The van der Waals surface area contributed by atoms with E-state index in [1.54, 1.807) is 13.8 Å². The molecule has 2 aromatic rings. The van der Waals surface area contributed by atoms with Crippen molar-refractivity contribution in [1.29, 1.82) is 0 Å². The first kappa shape index (κ1) is 26.2. The average Bonchev–Trinajstić information content (AvgIpc) is 3.15. The minimum absolute atomic E-state index is 0.00196. The maximum Gasteiger partial charge on any atom is 0.407 e. The predicted octanol–water partition coefficient (Wildman–Crippen LogP) is 4.08. The van der Waals surface area contributed by atoms with Crippen molar-refractivity contribution in [3.05, 3.63) is 59.7 Å². The fraction of sp³-hybridized carbons (Fsp3) is 0.444. The summed E-state index contributed by atoms with van der Waals surface area (Å²) in [5, 5.41) is 14.6. The zero-order valence-electron chi connectivity index (χ0n) is 20.5. The highest BCUT2D eigenvalue weighted by atomic mass is 16.5. The Bertz CT molecular complexity index is 1010. The number of hydrogen-bond acceptors (Lipinski definition) is 5. The summed E-state index contributed by atoms with van der Waals surface area (Å²) in [7, 11) is 1.50. The Morgan fingerprint density at radius 2 is 1.60 bits per heavy atom. The van der Waals surface area contributed by atoms with Gasteiger partial charge in [-0.25, -0.2) is 9.59 Å². The van der Waals surface area contributed by atoms with E-state index in [0.717, 1.165) is 11.1 Å². The van der Waals surface area contributed by atoms with Gasteiger partial charge in [0.2, 0.25) is 5.91 Å². The van der Waals surface area contributed by atoms with Gasteiger partial charge < -0.3 is 25.2 Å². The van der Waals surface area contributed by atoms with Crippen LogP contribution >= 0.6 is 0 Å². The number of carbonyl (C=O) groups is 3. The summed E-state index contributed by atoms with van der Waals surface area (Å²) in [6.45, 7) is 4.15. The van der Waals surface area contributed by atoms with E-state index in [9.17, 15) is 19.5 Å². The van der Waals surface area contributed by atoms with Gasteiger partial charge in [0.05, 0.1) is 5.60 Å². The van der Waals surface area contributed by atoms with Gasteiger partial charge in [-0.2, -0.15) is 0 Å². The first-order chi connectivity index (χ1) is 16.7. The monoisotopic (exact) mass is 482 g/mol. The van der Waals surface area contributed by atoms with Crippen LogP contribution in [0.15, 0.2) is 48.5 Å². The molecule has 0 aliphatic heterocycles. The molecule has 0 fully saturated rings. The molecule has 0 saturated heterocycles. The number of carboxylic acids is 1. The number of ether oxygens (including phenoxy) is 2. The topological polar surface area (TPSA) is 114 Å². The highest BCUT2D eigenvalue weighted by Gasteiger charge is 2.30. The van der Waals surface area contributed by atoms with Crippen molar-refractivity contribution < 1.29 is 29.0 Å². The van der Waals surface area contributed by atoms with E-state index in [1.165, 1.54) is 18.2 Å². The van der Waals surface area contributed by atoms with E-state index >= 15 is 0 Å². The van der Waals surface area contributed by atoms with Gasteiger partial charge in [0.25, 0.3) is 0 Å². The predicted molar refractivity (Wildman–Crippen MR) is 132 cm³/mol. The van der Waals surface area contributed by atoms with Crippen LogP contribution in [-0.4, -0.2) is 55.0 Å². The summed E-state index contributed by atoms with van der Waals surface area (Å²) in [5.74, 6) is -1.44. The summed E-state index contributed by atoms with van der Waals surface area (Å²) in [6.07, 6.45) is 0.912. The first-order valence-corrected chi connectivity index (χ1v) is 11.9.